The van der Waals surface area contributed by atoms with E-state index in [0.29, 0.717) is 11.3 Å². The van der Waals surface area contributed by atoms with Crippen LogP contribution in [0, 0.1) is 6.92 Å². The molecule has 0 amide bonds. The molecule has 0 saturated carbocycles. The SMILES string of the molecule is [CH2]C(O)c1ccccc1N. The van der Waals surface area contributed by atoms with E-state index >= 15 is 0 Å². The normalized spacial score (nSPS) is 13.0. The molecule has 1 aromatic rings. The molecule has 0 bridgehead atoms. The van der Waals surface area contributed by atoms with Crippen molar-refractivity contribution in [2.75, 3.05) is 5.73 Å². The third-order valence-corrected chi connectivity index (χ3v) is 1.36. The first-order valence-corrected chi connectivity index (χ1v) is 3.07. The molecule has 0 aromatic heterocycles. The molecule has 53 valence electrons. The first-order valence-electron chi connectivity index (χ1n) is 3.07. The van der Waals surface area contributed by atoms with Crippen molar-refractivity contribution in [3.8, 4) is 0 Å². The Balaban J connectivity index is 3.03. The van der Waals surface area contributed by atoms with Crippen LogP contribution in [0.3, 0.4) is 0 Å². The minimum atomic E-state index is -0.721. The van der Waals surface area contributed by atoms with Gasteiger partial charge in [0, 0.05) is 11.3 Å². The summed E-state index contributed by atoms with van der Waals surface area (Å²) >= 11 is 0. The highest BCUT2D eigenvalue weighted by Crippen LogP contribution is 2.17. The van der Waals surface area contributed by atoms with Crippen molar-refractivity contribution in [2.45, 2.75) is 6.10 Å². The molecule has 0 aliphatic rings. The third-order valence-electron chi connectivity index (χ3n) is 1.36. The number of hydrogen-bond acceptors (Lipinski definition) is 2. The first-order chi connectivity index (χ1) is 4.72. The van der Waals surface area contributed by atoms with Gasteiger partial charge in [0.1, 0.15) is 0 Å². The van der Waals surface area contributed by atoms with Gasteiger partial charge in [-0.2, -0.15) is 0 Å². The average Bonchev–Trinajstić information content (AvgIpc) is 1.88. The lowest BCUT2D eigenvalue weighted by molar-refractivity contribution is 0.227. The van der Waals surface area contributed by atoms with Crippen molar-refractivity contribution < 1.29 is 5.11 Å². The number of nitrogen functional groups attached to an aromatic ring is 1. The minimum Gasteiger partial charge on any atom is -0.398 e. The molecule has 10 heavy (non-hydrogen) atoms. The van der Waals surface area contributed by atoms with Gasteiger partial charge in [0.2, 0.25) is 0 Å². The zero-order valence-electron chi connectivity index (χ0n) is 5.62. The Bertz CT molecular complexity index is 220. The van der Waals surface area contributed by atoms with Crippen LogP contribution >= 0.6 is 0 Å². The highest BCUT2D eigenvalue weighted by atomic mass is 16.3. The van der Waals surface area contributed by atoms with Crippen LogP contribution in [-0.4, -0.2) is 5.11 Å². The van der Waals surface area contributed by atoms with Gasteiger partial charge in [0.05, 0.1) is 6.10 Å². The fourth-order valence-corrected chi connectivity index (χ4v) is 0.814. The van der Waals surface area contributed by atoms with Crippen molar-refractivity contribution in [1.82, 2.24) is 0 Å². The summed E-state index contributed by atoms with van der Waals surface area (Å²) in [6, 6.07) is 7.14. The van der Waals surface area contributed by atoms with E-state index in [-0.39, 0.29) is 0 Å². The molecule has 0 heterocycles. The van der Waals surface area contributed by atoms with Gasteiger partial charge >= 0.3 is 0 Å². The van der Waals surface area contributed by atoms with E-state index in [1.54, 1.807) is 12.1 Å². The molecule has 0 aliphatic heterocycles. The van der Waals surface area contributed by atoms with Crippen molar-refractivity contribution in [3.63, 3.8) is 0 Å². The Labute approximate surface area is 60.3 Å². The van der Waals surface area contributed by atoms with E-state index in [0.717, 1.165) is 0 Å². The number of anilines is 1. The van der Waals surface area contributed by atoms with Crippen molar-refractivity contribution >= 4 is 5.69 Å². The number of aliphatic hydroxyl groups excluding tert-OH is 1. The van der Waals surface area contributed by atoms with E-state index in [9.17, 15) is 0 Å². The standard InChI is InChI=1S/C8H10NO/c1-6(10)7-4-2-3-5-8(7)9/h2-6,10H,1,9H2. The second-order valence-corrected chi connectivity index (χ2v) is 2.14. The van der Waals surface area contributed by atoms with Crippen LogP contribution in [0.2, 0.25) is 0 Å². The number of aliphatic hydroxyl groups is 1. The van der Waals surface area contributed by atoms with Crippen LogP contribution in [0.5, 0.6) is 0 Å². The zero-order valence-corrected chi connectivity index (χ0v) is 5.62. The molecular formula is C8H10NO. The Morgan fingerprint density at radius 2 is 2.00 bits per heavy atom. The van der Waals surface area contributed by atoms with E-state index in [2.05, 4.69) is 6.92 Å². The number of nitrogens with two attached hydrogens (primary N) is 1. The van der Waals surface area contributed by atoms with Crippen molar-refractivity contribution in [1.29, 1.82) is 0 Å². The molecule has 2 nitrogen and oxygen atoms in total. The topological polar surface area (TPSA) is 46.2 Å². The minimum absolute atomic E-state index is 0.588. The molecule has 3 N–H and O–H groups in total. The smallest absolute Gasteiger partial charge is 0.0811 e. The number of para-hydroxylation sites is 1. The highest BCUT2D eigenvalue weighted by Gasteiger charge is 2.02. The Morgan fingerprint density at radius 3 is 2.40 bits per heavy atom. The molecule has 1 radical (unpaired) electrons. The predicted octanol–water partition coefficient (Wildman–Crippen LogP) is 1.14. The van der Waals surface area contributed by atoms with E-state index < -0.39 is 6.10 Å². The first kappa shape index (κ1) is 7.09. The molecule has 1 unspecified atom stereocenters. The maximum atomic E-state index is 9.01. The lowest BCUT2D eigenvalue weighted by Gasteiger charge is -2.06. The summed E-state index contributed by atoms with van der Waals surface area (Å²) in [4.78, 5) is 0. The predicted molar refractivity (Wildman–Crippen MR) is 41.2 cm³/mol. The van der Waals surface area contributed by atoms with Crippen LogP contribution in [0.25, 0.3) is 0 Å². The molecule has 1 rings (SSSR count). The highest BCUT2D eigenvalue weighted by molar-refractivity contribution is 5.47. The Morgan fingerprint density at radius 1 is 1.40 bits per heavy atom. The van der Waals surface area contributed by atoms with Gasteiger partial charge in [0.25, 0.3) is 0 Å². The second-order valence-electron chi connectivity index (χ2n) is 2.14. The molecule has 2 heteroatoms. The van der Waals surface area contributed by atoms with Gasteiger partial charge in [-0.15, -0.1) is 0 Å². The van der Waals surface area contributed by atoms with Gasteiger partial charge in [-0.25, -0.2) is 0 Å². The molecular weight excluding hydrogens is 126 g/mol. The third kappa shape index (κ3) is 1.28. The van der Waals surface area contributed by atoms with Crippen LogP contribution in [0.1, 0.15) is 11.7 Å². The molecule has 1 aromatic carbocycles. The summed E-state index contributed by atoms with van der Waals surface area (Å²) in [6.07, 6.45) is -0.721. The fraction of sp³-hybridized carbons (Fsp3) is 0.125. The lowest BCUT2D eigenvalue weighted by Crippen LogP contribution is -1.97. The van der Waals surface area contributed by atoms with Crippen LogP contribution in [0.15, 0.2) is 24.3 Å². The van der Waals surface area contributed by atoms with Gasteiger partial charge in [-0.05, 0) is 13.0 Å². The summed E-state index contributed by atoms with van der Waals surface area (Å²) < 4.78 is 0. The van der Waals surface area contributed by atoms with Crippen LogP contribution in [0.4, 0.5) is 5.69 Å². The van der Waals surface area contributed by atoms with E-state index in [1.807, 2.05) is 12.1 Å². The number of rotatable bonds is 1. The fourth-order valence-electron chi connectivity index (χ4n) is 0.814. The van der Waals surface area contributed by atoms with Gasteiger partial charge in [0.15, 0.2) is 0 Å². The molecule has 0 spiro atoms. The zero-order chi connectivity index (χ0) is 7.56. The number of benzene rings is 1. The van der Waals surface area contributed by atoms with E-state index in [1.165, 1.54) is 0 Å². The van der Waals surface area contributed by atoms with Gasteiger partial charge < -0.3 is 10.8 Å². The van der Waals surface area contributed by atoms with Gasteiger partial charge in [-0.1, -0.05) is 18.2 Å². The monoisotopic (exact) mass is 136 g/mol. The average molecular weight is 136 g/mol. The summed E-state index contributed by atoms with van der Waals surface area (Å²) in [6.45, 7) is 3.45. The van der Waals surface area contributed by atoms with E-state index in [4.69, 9.17) is 10.8 Å². The maximum Gasteiger partial charge on any atom is 0.0811 e. The summed E-state index contributed by atoms with van der Waals surface area (Å²) in [5.41, 5.74) is 6.79. The maximum absolute atomic E-state index is 9.01. The quantitative estimate of drug-likeness (QED) is 0.568. The van der Waals surface area contributed by atoms with Gasteiger partial charge in [-0.3, -0.25) is 0 Å². The summed E-state index contributed by atoms with van der Waals surface area (Å²) in [7, 11) is 0. The molecule has 0 saturated heterocycles. The second kappa shape index (κ2) is 2.71. The largest absolute Gasteiger partial charge is 0.398 e. The van der Waals surface area contributed by atoms with Crippen molar-refractivity contribution in [3.05, 3.63) is 36.8 Å². The molecule has 1 atom stereocenters. The van der Waals surface area contributed by atoms with Crippen molar-refractivity contribution in [2.24, 2.45) is 0 Å². The molecule has 0 aliphatic carbocycles. The number of hydrogen-bond donors (Lipinski definition) is 2. The Kier molecular flexibility index (Phi) is 1.92. The summed E-state index contributed by atoms with van der Waals surface area (Å²) in [5.74, 6) is 0. The van der Waals surface area contributed by atoms with Crippen LogP contribution in [-0.2, 0) is 0 Å². The molecule has 0 fully saturated rings. The Hall–Kier alpha value is -1.02. The van der Waals surface area contributed by atoms with Crippen LogP contribution < -0.4 is 5.73 Å². The lowest BCUT2D eigenvalue weighted by atomic mass is 10.1. The summed E-state index contributed by atoms with van der Waals surface area (Å²) in [5, 5.41) is 9.01.